The Balaban J connectivity index is 2.01. The van der Waals surface area contributed by atoms with Crippen molar-refractivity contribution in [3.8, 4) is 0 Å². The van der Waals surface area contributed by atoms with Gasteiger partial charge in [-0.15, -0.1) is 0 Å². The number of nitrogens with zero attached hydrogens (tertiary/aromatic N) is 1. The third-order valence-corrected chi connectivity index (χ3v) is 5.52. The Bertz CT molecular complexity index is 679. The molecule has 0 spiro atoms. The number of carbonyl (C=O) groups is 3. The third kappa shape index (κ3) is 5.55. The summed E-state index contributed by atoms with van der Waals surface area (Å²) in [6.45, 7) is 4.22. The van der Waals surface area contributed by atoms with Gasteiger partial charge in [-0.05, 0) is 37.2 Å². The van der Waals surface area contributed by atoms with Crippen LogP contribution in [0.2, 0.25) is 0 Å². The SMILES string of the molecule is CC[C@H](C)[C@H](NC(=O)[C@@H](N)CCc1ccccc1)C(=O)N1CCC[C@H]1C(=O)O. The van der Waals surface area contributed by atoms with E-state index < -0.39 is 24.1 Å². The zero-order chi connectivity index (χ0) is 20.7. The first kappa shape index (κ1) is 21.9. The Kier molecular flexibility index (Phi) is 7.99. The number of aliphatic carboxylic acids is 1. The number of nitrogens with two attached hydrogens (primary N) is 1. The fourth-order valence-corrected chi connectivity index (χ4v) is 3.51. The molecule has 0 aromatic heterocycles. The van der Waals surface area contributed by atoms with Crippen LogP contribution >= 0.6 is 0 Å². The van der Waals surface area contributed by atoms with Crippen molar-refractivity contribution in [1.82, 2.24) is 10.2 Å². The standard InChI is InChI=1S/C21H31N3O4/c1-3-14(2)18(20(26)24-13-7-10-17(24)21(27)28)23-19(25)16(22)12-11-15-8-5-4-6-9-15/h4-6,8-9,14,16-18H,3,7,10-13,22H2,1-2H3,(H,23,25)(H,27,28)/t14-,16-,17-,18-/m0/s1. The second-order valence-corrected chi connectivity index (χ2v) is 7.53. The highest BCUT2D eigenvalue weighted by atomic mass is 16.4. The zero-order valence-corrected chi connectivity index (χ0v) is 16.6. The number of rotatable bonds is 9. The van der Waals surface area contributed by atoms with E-state index in [0.717, 1.165) is 5.56 Å². The Morgan fingerprint density at radius 1 is 1.29 bits per heavy atom. The highest BCUT2D eigenvalue weighted by Gasteiger charge is 2.39. The van der Waals surface area contributed by atoms with Crippen LogP contribution in [0, 0.1) is 5.92 Å². The lowest BCUT2D eigenvalue weighted by molar-refractivity contribution is -0.150. The number of aryl methyl sites for hydroxylation is 1. The Morgan fingerprint density at radius 3 is 2.57 bits per heavy atom. The molecule has 0 radical (unpaired) electrons. The molecule has 4 atom stereocenters. The first-order chi connectivity index (χ1) is 13.3. The third-order valence-electron chi connectivity index (χ3n) is 5.52. The van der Waals surface area contributed by atoms with E-state index in [4.69, 9.17) is 5.73 Å². The maximum atomic E-state index is 13.0. The maximum absolute atomic E-state index is 13.0. The number of likely N-dealkylation sites (tertiary alicyclic amines) is 1. The van der Waals surface area contributed by atoms with Crippen molar-refractivity contribution in [1.29, 1.82) is 0 Å². The Labute approximate surface area is 166 Å². The van der Waals surface area contributed by atoms with E-state index in [-0.39, 0.29) is 17.7 Å². The van der Waals surface area contributed by atoms with Crippen LogP contribution in [-0.4, -0.2) is 52.5 Å². The summed E-state index contributed by atoms with van der Waals surface area (Å²) >= 11 is 0. The molecular formula is C21H31N3O4. The first-order valence-corrected chi connectivity index (χ1v) is 9.98. The molecule has 1 aliphatic heterocycles. The number of hydrogen-bond donors (Lipinski definition) is 3. The molecule has 7 nitrogen and oxygen atoms in total. The van der Waals surface area contributed by atoms with E-state index in [2.05, 4.69) is 5.32 Å². The molecule has 0 saturated carbocycles. The van der Waals surface area contributed by atoms with E-state index in [0.29, 0.717) is 38.6 Å². The van der Waals surface area contributed by atoms with Crippen molar-refractivity contribution in [2.75, 3.05) is 6.54 Å². The van der Waals surface area contributed by atoms with Crippen LogP contribution in [0.3, 0.4) is 0 Å². The molecule has 1 aliphatic rings. The van der Waals surface area contributed by atoms with Crippen molar-refractivity contribution in [2.45, 2.75) is 64.1 Å². The molecule has 0 aliphatic carbocycles. The molecule has 4 N–H and O–H groups in total. The van der Waals surface area contributed by atoms with E-state index in [1.54, 1.807) is 0 Å². The molecule has 154 valence electrons. The van der Waals surface area contributed by atoms with Crippen LogP contribution in [0.15, 0.2) is 30.3 Å². The van der Waals surface area contributed by atoms with Gasteiger partial charge in [0, 0.05) is 6.54 Å². The second-order valence-electron chi connectivity index (χ2n) is 7.53. The van der Waals surface area contributed by atoms with Gasteiger partial charge in [0.2, 0.25) is 11.8 Å². The summed E-state index contributed by atoms with van der Waals surface area (Å²) in [6, 6.07) is 7.46. The molecule has 1 aromatic carbocycles. The quantitative estimate of drug-likeness (QED) is 0.593. The minimum absolute atomic E-state index is 0.118. The van der Waals surface area contributed by atoms with Gasteiger partial charge in [0.05, 0.1) is 6.04 Å². The Morgan fingerprint density at radius 2 is 1.96 bits per heavy atom. The molecule has 1 heterocycles. The topological polar surface area (TPSA) is 113 Å². The summed E-state index contributed by atoms with van der Waals surface area (Å²) in [7, 11) is 0. The molecule has 7 heteroatoms. The van der Waals surface area contributed by atoms with Gasteiger partial charge in [-0.25, -0.2) is 4.79 Å². The summed E-state index contributed by atoms with van der Waals surface area (Å²) in [4.78, 5) is 38.4. The molecule has 0 unspecified atom stereocenters. The second kappa shape index (κ2) is 10.2. The highest BCUT2D eigenvalue weighted by molar-refractivity contribution is 5.92. The molecule has 1 saturated heterocycles. The van der Waals surface area contributed by atoms with Gasteiger partial charge in [0.1, 0.15) is 12.1 Å². The van der Waals surface area contributed by atoms with E-state index in [9.17, 15) is 19.5 Å². The van der Waals surface area contributed by atoms with Crippen LogP contribution in [0.5, 0.6) is 0 Å². The first-order valence-electron chi connectivity index (χ1n) is 9.98. The van der Waals surface area contributed by atoms with E-state index >= 15 is 0 Å². The summed E-state index contributed by atoms with van der Waals surface area (Å²) in [5.41, 5.74) is 7.15. The summed E-state index contributed by atoms with van der Waals surface area (Å²) < 4.78 is 0. The predicted molar refractivity (Wildman–Crippen MR) is 106 cm³/mol. The summed E-state index contributed by atoms with van der Waals surface area (Å²) in [5, 5.41) is 12.1. The molecule has 0 bridgehead atoms. The molecule has 1 aromatic rings. The lowest BCUT2D eigenvalue weighted by atomic mass is 9.96. The largest absolute Gasteiger partial charge is 0.480 e. The minimum Gasteiger partial charge on any atom is -0.480 e. The van der Waals surface area contributed by atoms with Crippen molar-refractivity contribution in [3.63, 3.8) is 0 Å². The number of nitrogens with one attached hydrogen (secondary N) is 1. The van der Waals surface area contributed by atoms with Crippen LogP contribution in [0.25, 0.3) is 0 Å². The Hall–Kier alpha value is -2.41. The van der Waals surface area contributed by atoms with Crippen LogP contribution < -0.4 is 11.1 Å². The number of carbonyl (C=O) groups excluding carboxylic acids is 2. The van der Waals surface area contributed by atoms with E-state index in [1.807, 2.05) is 44.2 Å². The van der Waals surface area contributed by atoms with Crippen LogP contribution in [0.1, 0.15) is 45.1 Å². The van der Waals surface area contributed by atoms with Crippen molar-refractivity contribution >= 4 is 17.8 Å². The zero-order valence-electron chi connectivity index (χ0n) is 16.6. The molecule has 28 heavy (non-hydrogen) atoms. The van der Waals surface area contributed by atoms with E-state index in [1.165, 1.54) is 4.90 Å². The maximum Gasteiger partial charge on any atom is 0.326 e. The van der Waals surface area contributed by atoms with Gasteiger partial charge in [0.15, 0.2) is 0 Å². The molecule has 2 amide bonds. The van der Waals surface area contributed by atoms with Gasteiger partial charge < -0.3 is 21.1 Å². The van der Waals surface area contributed by atoms with Gasteiger partial charge >= 0.3 is 5.97 Å². The van der Waals surface area contributed by atoms with Gasteiger partial charge in [-0.2, -0.15) is 0 Å². The van der Waals surface area contributed by atoms with Crippen molar-refractivity contribution < 1.29 is 19.5 Å². The highest BCUT2D eigenvalue weighted by Crippen LogP contribution is 2.21. The fourth-order valence-electron chi connectivity index (χ4n) is 3.51. The number of amides is 2. The predicted octanol–water partition coefficient (Wildman–Crippen LogP) is 1.55. The lowest BCUT2D eigenvalue weighted by Gasteiger charge is -2.31. The van der Waals surface area contributed by atoms with Gasteiger partial charge in [-0.1, -0.05) is 50.6 Å². The fraction of sp³-hybridized carbons (Fsp3) is 0.571. The van der Waals surface area contributed by atoms with Crippen LogP contribution in [0.4, 0.5) is 0 Å². The molecular weight excluding hydrogens is 358 g/mol. The molecule has 1 fully saturated rings. The number of benzene rings is 1. The van der Waals surface area contributed by atoms with Gasteiger partial charge in [0.25, 0.3) is 0 Å². The van der Waals surface area contributed by atoms with Gasteiger partial charge in [-0.3, -0.25) is 9.59 Å². The molecule has 2 rings (SSSR count). The summed E-state index contributed by atoms with van der Waals surface area (Å²) in [5.74, 6) is -1.82. The number of carboxylic acids is 1. The number of carboxylic acid groups (broad SMARTS) is 1. The van der Waals surface area contributed by atoms with Crippen molar-refractivity contribution in [3.05, 3.63) is 35.9 Å². The normalized spacial score (nSPS) is 19.7. The lowest BCUT2D eigenvalue weighted by Crippen LogP contribution is -2.56. The number of hydrogen-bond acceptors (Lipinski definition) is 4. The van der Waals surface area contributed by atoms with Crippen molar-refractivity contribution in [2.24, 2.45) is 11.7 Å². The summed E-state index contributed by atoms with van der Waals surface area (Å²) in [6.07, 6.45) is 2.92. The minimum atomic E-state index is -1.00. The average molecular weight is 389 g/mol. The smallest absolute Gasteiger partial charge is 0.326 e. The van der Waals surface area contributed by atoms with Crippen LogP contribution in [-0.2, 0) is 20.8 Å². The average Bonchev–Trinajstić information content (AvgIpc) is 3.20. The monoisotopic (exact) mass is 389 g/mol.